The van der Waals surface area contributed by atoms with Gasteiger partial charge in [-0.05, 0) is 60.6 Å². The molecule has 0 aliphatic heterocycles. The van der Waals surface area contributed by atoms with Gasteiger partial charge in [0.25, 0.3) is 0 Å². The van der Waals surface area contributed by atoms with Gasteiger partial charge in [0, 0.05) is 23.2 Å². The fourth-order valence-corrected chi connectivity index (χ4v) is 2.70. The van der Waals surface area contributed by atoms with Crippen LogP contribution >= 0.6 is 35.4 Å². The molecule has 0 fully saturated rings. The molecule has 2 amide bonds. The van der Waals surface area contributed by atoms with E-state index in [1.165, 1.54) is 6.08 Å². The smallest absolute Gasteiger partial charge is 0.250 e. The molecule has 5 nitrogen and oxygen atoms in total. The van der Waals surface area contributed by atoms with Gasteiger partial charge in [0.2, 0.25) is 11.8 Å². The number of hydrogen-bond acceptors (Lipinski definition) is 3. The molecular weight excluding hydrogens is 417 g/mol. The van der Waals surface area contributed by atoms with Gasteiger partial charge in [0.1, 0.15) is 0 Å². The Kier molecular flexibility index (Phi) is 8.44. The van der Waals surface area contributed by atoms with Gasteiger partial charge in [-0.1, -0.05) is 42.3 Å². The van der Waals surface area contributed by atoms with Crippen molar-refractivity contribution >= 4 is 69.8 Å². The molecule has 0 saturated heterocycles. The Labute approximate surface area is 179 Å². The molecule has 0 spiro atoms. The molecular formula is C20H19Cl2N3O2S. The fraction of sp³-hybridized carbons (Fsp3) is 0.150. The average molecular weight is 436 g/mol. The van der Waals surface area contributed by atoms with Crippen molar-refractivity contribution in [3.8, 4) is 0 Å². The molecule has 0 radical (unpaired) electrons. The molecule has 0 unspecified atom stereocenters. The van der Waals surface area contributed by atoms with Crippen LogP contribution < -0.4 is 16.0 Å². The Hall–Kier alpha value is -2.41. The normalized spacial score (nSPS) is 10.5. The second-order valence-electron chi connectivity index (χ2n) is 5.82. The lowest BCUT2D eigenvalue weighted by Gasteiger charge is -2.12. The molecule has 28 heavy (non-hydrogen) atoms. The fourth-order valence-electron chi connectivity index (χ4n) is 2.20. The van der Waals surface area contributed by atoms with Gasteiger partial charge in [-0.2, -0.15) is 0 Å². The molecule has 2 aromatic carbocycles. The first kappa shape index (κ1) is 21.9. The van der Waals surface area contributed by atoms with E-state index in [0.717, 1.165) is 12.0 Å². The van der Waals surface area contributed by atoms with Crippen LogP contribution in [0.15, 0.2) is 48.5 Å². The Morgan fingerprint density at radius 3 is 2.46 bits per heavy atom. The van der Waals surface area contributed by atoms with Crippen molar-refractivity contribution in [1.29, 1.82) is 0 Å². The van der Waals surface area contributed by atoms with E-state index in [1.807, 2.05) is 6.92 Å². The number of carbonyl (C=O) groups excluding carboxylic acids is 2. The van der Waals surface area contributed by atoms with Crippen LogP contribution in [0.3, 0.4) is 0 Å². The summed E-state index contributed by atoms with van der Waals surface area (Å²) in [7, 11) is 0. The van der Waals surface area contributed by atoms with Crippen molar-refractivity contribution in [2.45, 2.75) is 19.8 Å². The zero-order valence-corrected chi connectivity index (χ0v) is 17.4. The van der Waals surface area contributed by atoms with Crippen molar-refractivity contribution in [2.75, 3.05) is 10.6 Å². The number of amides is 2. The van der Waals surface area contributed by atoms with Crippen LogP contribution in [0, 0.1) is 0 Å². The third-order valence-electron chi connectivity index (χ3n) is 3.51. The first-order valence-electron chi connectivity index (χ1n) is 8.52. The maximum absolute atomic E-state index is 12.0. The number of rotatable bonds is 6. The molecule has 0 heterocycles. The summed E-state index contributed by atoms with van der Waals surface area (Å²) in [4.78, 5) is 23.7. The monoisotopic (exact) mass is 435 g/mol. The van der Waals surface area contributed by atoms with Crippen molar-refractivity contribution in [3.05, 3.63) is 64.1 Å². The average Bonchev–Trinajstić information content (AvgIpc) is 2.64. The van der Waals surface area contributed by atoms with Crippen LogP contribution in [0.25, 0.3) is 6.08 Å². The Bertz CT molecular complexity index is 899. The Morgan fingerprint density at radius 1 is 1.07 bits per heavy atom. The number of thiocarbonyl (C=S) groups is 1. The number of hydrogen-bond donors (Lipinski definition) is 3. The van der Waals surface area contributed by atoms with E-state index in [4.69, 9.17) is 35.4 Å². The van der Waals surface area contributed by atoms with E-state index in [9.17, 15) is 9.59 Å². The van der Waals surface area contributed by atoms with Gasteiger partial charge >= 0.3 is 0 Å². The molecule has 0 aromatic heterocycles. The molecule has 2 rings (SSSR count). The predicted octanol–water partition coefficient (Wildman–Crippen LogP) is 5.26. The summed E-state index contributed by atoms with van der Waals surface area (Å²) in [6, 6.07) is 12.0. The highest BCUT2D eigenvalue weighted by Gasteiger charge is 2.08. The zero-order valence-electron chi connectivity index (χ0n) is 15.1. The lowest BCUT2D eigenvalue weighted by Crippen LogP contribution is -2.32. The highest BCUT2D eigenvalue weighted by Crippen LogP contribution is 2.25. The van der Waals surface area contributed by atoms with E-state index < -0.39 is 5.91 Å². The summed E-state index contributed by atoms with van der Waals surface area (Å²) in [5.74, 6) is -0.477. The number of anilines is 2. The molecule has 0 saturated carbocycles. The van der Waals surface area contributed by atoms with Gasteiger partial charge < -0.3 is 10.6 Å². The number of halogens is 2. The molecule has 0 aliphatic rings. The van der Waals surface area contributed by atoms with Crippen LogP contribution in [0.4, 0.5) is 11.4 Å². The zero-order chi connectivity index (χ0) is 20.5. The SMILES string of the molecule is CCCC(=O)Nc1ccc(Cl)c(NC(=S)NC(=O)/C=C/c2ccc(Cl)cc2)c1. The van der Waals surface area contributed by atoms with E-state index in [1.54, 1.807) is 48.5 Å². The van der Waals surface area contributed by atoms with Crippen LogP contribution in [0.1, 0.15) is 25.3 Å². The van der Waals surface area contributed by atoms with Gasteiger partial charge in [0.15, 0.2) is 5.11 Å². The standard InChI is InChI=1S/C20H19Cl2N3O2S/c1-2-3-18(26)23-15-9-10-16(22)17(12-15)24-20(28)25-19(27)11-6-13-4-7-14(21)8-5-13/h4-12H,2-3H2,1H3,(H,23,26)(H2,24,25,27,28)/b11-6+. The summed E-state index contributed by atoms with van der Waals surface area (Å²) >= 11 is 17.1. The van der Waals surface area contributed by atoms with Gasteiger partial charge in [-0.3, -0.25) is 14.9 Å². The highest BCUT2D eigenvalue weighted by atomic mass is 35.5. The Morgan fingerprint density at radius 2 is 1.79 bits per heavy atom. The summed E-state index contributed by atoms with van der Waals surface area (Å²) in [6.45, 7) is 1.93. The highest BCUT2D eigenvalue weighted by molar-refractivity contribution is 7.80. The molecule has 0 aliphatic carbocycles. The molecule has 2 aromatic rings. The number of carbonyl (C=O) groups is 2. The summed E-state index contributed by atoms with van der Waals surface area (Å²) in [5.41, 5.74) is 1.89. The minimum atomic E-state index is -0.393. The minimum Gasteiger partial charge on any atom is -0.331 e. The third-order valence-corrected chi connectivity index (χ3v) is 4.29. The van der Waals surface area contributed by atoms with E-state index >= 15 is 0 Å². The van der Waals surface area contributed by atoms with Crippen LogP contribution in [-0.2, 0) is 9.59 Å². The molecule has 8 heteroatoms. The first-order chi connectivity index (χ1) is 13.4. The first-order valence-corrected chi connectivity index (χ1v) is 9.69. The molecule has 0 atom stereocenters. The second-order valence-corrected chi connectivity index (χ2v) is 7.07. The molecule has 0 bridgehead atoms. The lowest BCUT2D eigenvalue weighted by molar-refractivity contribution is -0.116. The van der Waals surface area contributed by atoms with Crippen molar-refractivity contribution in [2.24, 2.45) is 0 Å². The van der Waals surface area contributed by atoms with E-state index in [2.05, 4.69) is 16.0 Å². The minimum absolute atomic E-state index is 0.0843. The summed E-state index contributed by atoms with van der Waals surface area (Å²) < 4.78 is 0. The topological polar surface area (TPSA) is 70.2 Å². The van der Waals surface area contributed by atoms with Gasteiger partial charge in [-0.25, -0.2) is 0 Å². The molecule has 3 N–H and O–H groups in total. The quantitative estimate of drug-likeness (QED) is 0.427. The number of benzene rings is 2. The largest absolute Gasteiger partial charge is 0.331 e. The van der Waals surface area contributed by atoms with Crippen molar-refractivity contribution < 1.29 is 9.59 Å². The van der Waals surface area contributed by atoms with E-state index in [0.29, 0.717) is 27.8 Å². The maximum atomic E-state index is 12.0. The second kappa shape index (κ2) is 10.8. The lowest BCUT2D eigenvalue weighted by atomic mass is 10.2. The van der Waals surface area contributed by atoms with E-state index in [-0.39, 0.29) is 11.0 Å². The maximum Gasteiger partial charge on any atom is 0.250 e. The van der Waals surface area contributed by atoms with Crippen LogP contribution in [0.2, 0.25) is 10.0 Å². The van der Waals surface area contributed by atoms with Gasteiger partial charge in [-0.15, -0.1) is 0 Å². The third kappa shape index (κ3) is 7.31. The molecule has 146 valence electrons. The van der Waals surface area contributed by atoms with Crippen LogP contribution in [-0.4, -0.2) is 16.9 Å². The van der Waals surface area contributed by atoms with Crippen LogP contribution in [0.5, 0.6) is 0 Å². The summed E-state index contributed by atoms with van der Waals surface area (Å²) in [5, 5.41) is 9.29. The summed E-state index contributed by atoms with van der Waals surface area (Å²) in [6.07, 6.45) is 4.19. The van der Waals surface area contributed by atoms with Crippen molar-refractivity contribution in [3.63, 3.8) is 0 Å². The predicted molar refractivity (Wildman–Crippen MR) is 120 cm³/mol. The number of nitrogens with one attached hydrogen (secondary N) is 3. The Balaban J connectivity index is 1.95. The van der Waals surface area contributed by atoms with Gasteiger partial charge in [0.05, 0.1) is 10.7 Å². The van der Waals surface area contributed by atoms with Crippen molar-refractivity contribution in [1.82, 2.24) is 5.32 Å².